The van der Waals surface area contributed by atoms with Gasteiger partial charge in [0.2, 0.25) is 11.8 Å². The second-order valence-corrected chi connectivity index (χ2v) is 8.53. The Kier molecular flexibility index (Phi) is 5.59. The van der Waals surface area contributed by atoms with Crippen molar-refractivity contribution in [3.05, 3.63) is 36.0 Å². The molecule has 2 amide bonds. The van der Waals surface area contributed by atoms with Gasteiger partial charge >= 0.3 is 0 Å². The quantitative estimate of drug-likeness (QED) is 0.464. The van der Waals surface area contributed by atoms with E-state index in [-0.39, 0.29) is 11.8 Å². The van der Waals surface area contributed by atoms with Gasteiger partial charge in [-0.05, 0) is 54.3 Å². The first-order valence-electron chi connectivity index (χ1n) is 11.2. The minimum Gasteiger partial charge on any atom is -0.492 e. The molecule has 1 aliphatic carbocycles. The average Bonchev–Trinajstić information content (AvgIpc) is 3.21. The van der Waals surface area contributed by atoms with E-state index in [0.717, 1.165) is 28.5 Å². The molecule has 0 unspecified atom stereocenters. The zero-order valence-electron chi connectivity index (χ0n) is 17.5. The van der Waals surface area contributed by atoms with E-state index in [1.165, 1.54) is 32.1 Å². The average molecular weight is 421 g/mol. The maximum absolute atomic E-state index is 12.4. The van der Waals surface area contributed by atoms with Crippen LogP contribution in [0.2, 0.25) is 0 Å². The normalized spacial score (nSPS) is 20.3. The smallest absolute Gasteiger partial charge is 0.235 e. The number of benzene rings is 2. The van der Waals surface area contributed by atoms with Crippen molar-refractivity contribution in [2.45, 2.75) is 56.9 Å². The van der Waals surface area contributed by atoms with E-state index < -0.39 is 5.92 Å². The number of hydrogen-bond donors (Lipinski definition) is 2. The van der Waals surface area contributed by atoms with Crippen molar-refractivity contribution in [1.82, 2.24) is 15.8 Å². The highest BCUT2D eigenvalue weighted by atomic mass is 16.5. The standard InChI is InChI=1S/C24H27N3O4/c28-21-11-9-19(24(29)26-21)23-22-18-8-7-17(14-15(18)6-10-20(22)31-27-23)30-13-12-25-16-4-2-1-3-5-16/h6-8,10,14,16,19,25H,1-5,9,11-13H2,(H,26,28,29)/t19-/m0/s1. The van der Waals surface area contributed by atoms with Crippen LogP contribution in [0.25, 0.3) is 21.7 Å². The summed E-state index contributed by atoms with van der Waals surface area (Å²) in [6, 6.07) is 10.4. The summed E-state index contributed by atoms with van der Waals surface area (Å²) in [5.74, 6) is -0.213. The highest BCUT2D eigenvalue weighted by molar-refractivity contribution is 6.10. The number of piperidine rings is 1. The molecule has 2 N–H and O–H groups in total. The molecule has 7 nitrogen and oxygen atoms in total. The summed E-state index contributed by atoms with van der Waals surface area (Å²) in [7, 11) is 0. The molecular formula is C24H27N3O4. The Morgan fingerprint density at radius 1 is 1.10 bits per heavy atom. The van der Waals surface area contributed by atoms with Crippen LogP contribution in [0.15, 0.2) is 34.9 Å². The van der Waals surface area contributed by atoms with Gasteiger partial charge in [0.1, 0.15) is 18.1 Å². The highest BCUT2D eigenvalue weighted by Gasteiger charge is 2.32. The van der Waals surface area contributed by atoms with E-state index in [2.05, 4.69) is 15.8 Å². The lowest BCUT2D eigenvalue weighted by Crippen LogP contribution is -2.39. The highest BCUT2D eigenvalue weighted by Crippen LogP contribution is 2.36. The van der Waals surface area contributed by atoms with E-state index in [1.807, 2.05) is 30.3 Å². The Morgan fingerprint density at radius 3 is 2.81 bits per heavy atom. The largest absolute Gasteiger partial charge is 0.492 e. The van der Waals surface area contributed by atoms with Crippen molar-refractivity contribution in [3.8, 4) is 5.75 Å². The van der Waals surface area contributed by atoms with Gasteiger partial charge < -0.3 is 14.6 Å². The number of nitrogens with one attached hydrogen (secondary N) is 2. The molecule has 2 heterocycles. The first-order valence-corrected chi connectivity index (χ1v) is 11.2. The van der Waals surface area contributed by atoms with E-state index in [0.29, 0.717) is 36.8 Å². The van der Waals surface area contributed by atoms with Crippen molar-refractivity contribution in [2.24, 2.45) is 0 Å². The number of imide groups is 1. The third kappa shape index (κ3) is 4.14. The predicted octanol–water partition coefficient (Wildman–Crippen LogP) is 3.80. The fourth-order valence-electron chi connectivity index (χ4n) is 4.79. The number of nitrogens with zero attached hydrogens (tertiary/aromatic N) is 1. The zero-order chi connectivity index (χ0) is 21.2. The summed E-state index contributed by atoms with van der Waals surface area (Å²) >= 11 is 0. The number of amides is 2. The summed E-state index contributed by atoms with van der Waals surface area (Å²) in [4.78, 5) is 23.9. The van der Waals surface area contributed by atoms with Crippen LogP contribution in [0, 0.1) is 0 Å². The van der Waals surface area contributed by atoms with Crippen LogP contribution in [0.3, 0.4) is 0 Å². The fourth-order valence-corrected chi connectivity index (χ4v) is 4.79. The van der Waals surface area contributed by atoms with Crippen molar-refractivity contribution < 1.29 is 18.8 Å². The number of hydrogen-bond acceptors (Lipinski definition) is 6. The van der Waals surface area contributed by atoms with Crippen molar-refractivity contribution in [3.63, 3.8) is 0 Å². The van der Waals surface area contributed by atoms with Gasteiger partial charge in [0.15, 0.2) is 5.58 Å². The zero-order valence-corrected chi connectivity index (χ0v) is 17.5. The molecule has 2 aliphatic rings. The van der Waals surface area contributed by atoms with E-state index in [1.54, 1.807) is 0 Å². The van der Waals surface area contributed by atoms with Gasteiger partial charge in [0, 0.05) is 19.0 Å². The topological polar surface area (TPSA) is 93.5 Å². The molecule has 1 atom stereocenters. The molecule has 3 aromatic rings. The molecule has 1 aliphatic heterocycles. The Balaban J connectivity index is 1.33. The molecule has 0 spiro atoms. The number of fused-ring (bicyclic) bond motifs is 3. The number of rotatable bonds is 6. The van der Waals surface area contributed by atoms with E-state index in [9.17, 15) is 9.59 Å². The number of ether oxygens (including phenoxy) is 1. The van der Waals surface area contributed by atoms with Crippen molar-refractivity contribution in [2.75, 3.05) is 13.2 Å². The molecule has 0 radical (unpaired) electrons. The summed E-state index contributed by atoms with van der Waals surface area (Å²) in [5.41, 5.74) is 1.23. The Bertz CT molecular complexity index is 1120. The Morgan fingerprint density at radius 2 is 1.97 bits per heavy atom. The van der Waals surface area contributed by atoms with Crippen LogP contribution in [0.1, 0.15) is 56.6 Å². The van der Waals surface area contributed by atoms with Crippen LogP contribution in [0.5, 0.6) is 5.75 Å². The molecule has 162 valence electrons. The second-order valence-electron chi connectivity index (χ2n) is 8.53. The predicted molar refractivity (Wildman–Crippen MR) is 117 cm³/mol. The summed E-state index contributed by atoms with van der Waals surface area (Å²) in [5, 5.41) is 13.0. The van der Waals surface area contributed by atoms with Gasteiger partial charge in [0.05, 0.1) is 11.3 Å². The van der Waals surface area contributed by atoms with Gasteiger partial charge in [-0.25, -0.2) is 0 Å². The maximum Gasteiger partial charge on any atom is 0.235 e. The van der Waals surface area contributed by atoms with Crippen molar-refractivity contribution in [1.29, 1.82) is 0 Å². The van der Waals surface area contributed by atoms with Crippen LogP contribution in [0.4, 0.5) is 0 Å². The van der Waals surface area contributed by atoms with Gasteiger partial charge in [-0.3, -0.25) is 14.9 Å². The lowest BCUT2D eigenvalue weighted by molar-refractivity contribution is -0.134. The number of carbonyl (C=O) groups excluding carboxylic acids is 2. The molecule has 5 rings (SSSR count). The summed E-state index contributed by atoms with van der Waals surface area (Å²) < 4.78 is 11.5. The molecule has 2 fully saturated rings. The van der Waals surface area contributed by atoms with E-state index in [4.69, 9.17) is 9.26 Å². The van der Waals surface area contributed by atoms with Crippen LogP contribution < -0.4 is 15.4 Å². The van der Waals surface area contributed by atoms with Crippen LogP contribution in [-0.2, 0) is 9.59 Å². The first kappa shape index (κ1) is 20.0. The second kappa shape index (κ2) is 8.67. The number of aromatic nitrogens is 1. The molecule has 2 aromatic carbocycles. The minimum absolute atomic E-state index is 0.237. The lowest BCUT2D eigenvalue weighted by atomic mass is 9.91. The third-order valence-electron chi connectivity index (χ3n) is 6.43. The van der Waals surface area contributed by atoms with Crippen LogP contribution >= 0.6 is 0 Å². The summed E-state index contributed by atoms with van der Waals surface area (Å²) in [6.45, 7) is 1.46. The molecule has 7 heteroatoms. The van der Waals surface area contributed by atoms with Gasteiger partial charge in [0.25, 0.3) is 0 Å². The van der Waals surface area contributed by atoms with Gasteiger partial charge in [-0.2, -0.15) is 0 Å². The van der Waals surface area contributed by atoms with E-state index >= 15 is 0 Å². The molecule has 0 bridgehead atoms. The summed E-state index contributed by atoms with van der Waals surface area (Å²) in [6.07, 6.45) is 7.28. The maximum atomic E-state index is 12.4. The fraction of sp³-hybridized carbons (Fsp3) is 0.458. The van der Waals surface area contributed by atoms with Crippen molar-refractivity contribution >= 4 is 33.6 Å². The number of carbonyl (C=O) groups is 2. The first-order chi connectivity index (χ1) is 15.2. The minimum atomic E-state index is -0.480. The third-order valence-corrected chi connectivity index (χ3v) is 6.43. The molecule has 31 heavy (non-hydrogen) atoms. The Hall–Kier alpha value is -2.93. The SMILES string of the molecule is O=C1CC[C@@H](c2noc3ccc4cc(OCCNC5CCCCC5)ccc4c23)C(=O)N1. The molecule has 1 saturated carbocycles. The lowest BCUT2D eigenvalue weighted by Gasteiger charge is -2.22. The monoisotopic (exact) mass is 421 g/mol. The molecule has 1 aromatic heterocycles. The molecular weight excluding hydrogens is 394 g/mol. The Labute approximate surface area is 180 Å². The molecule has 1 saturated heterocycles. The van der Waals surface area contributed by atoms with Gasteiger partial charge in [-0.15, -0.1) is 0 Å². The van der Waals surface area contributed by atoms with Crippen LogP contribution in [-0.4, -0.2) is 36.2 Å². The van der Waals surface area contributed by atoms with Gasteiger partial charge in [-0.1, -0.05) is 30.5 Å².